The van der Waals surface area contributed by atoms with E-state index in [9.17, 15) is 14.4 Å². The molecule has 0 radical (unpaired) electrons. The van der Waals surface area contributed by atoms with Gasteiger partial charge in [-0.3, -0.25) is 14.6 Å². The molecule has 0 spiro atoms. The Balaban J connectivity index is 1.86. The summed E-state index contributed by atoms with van der Waals surface area (Å²) in [5, 5.41) is 0. The summed E-state index contributed by atoms with van der Waals surface area (Å²) in [5.74, 6) is -3.23. The number of carbonyl (C=O) groups excluding carboxylic acids is 3. The van der Waals surface area contributed by atoms with Crippen LogP contribution in [-0.2, 0) is 19.1 Å². The molecule has 0 N–H and O–H groups in total. The Labute approximate surface area is 170 Å². The van der Waals surface area contributed by atoms with Crippen molar-refractivity contribution in [1.29, 1.82) is 0 Å². The molecule has 7 heteroatoms. The molecule has 3 atom stereocenters. The predicted molar refractivity (Wildman–Crippen MR) is 107 cm³/mol. The number of anilines is 1. The minimum absolute atomic E-state index is 0.379. The van der Waals surface area contributed by atoms with E-state index in [1.54, 1.807) is 31.2 Å². The van der Waals surface area contributed by atoms with Crippen LogP contribution in [0.5, 0.6) is 0 Å². The fourth-order valence-electron chi connectivity index (χ4n) is 3.98. The number of rotatable bonds is 3. The first-order valence-corrected chi connectivity index (χ1v) is 9.54. The third-order valence-corrected chi connectivity index (χ3v) is 5.84. The number of ether oxygens (including phenoxy) is 1. The first-order chi connectivity index (χ1) is 13.4. The molecule has 0 saturated carbocycles. The Morgan fingerprint density at radius 2 is 1.71 bits per heavy atom. The number of methoxy groups -OCH3 is 1. The Kier molecular flexibility index (Phi) is 4.42. The van der Waals surface area contributed by atoms with E-state index in [2.05, 4.69) is 20.9 Å². The molecule has 142 valence electrons. The van der Waals surface area contributed by atoms with E-state index in [1.165, 1.54) is 7.11 Å². The molecule has 2 heterocycles. The minimum Gasteiger partial charge on any atom is -0.467 e. The van der Waals surface area contributed by atoms with Crippen LogP contribution in [0.2, 0.25) is 0 Å². The molecule has 2 aliphatic heterocycles. The Morgan fingerprint density at radius 3 is 2.32 bits per heavy atom. The highest BCUT2D eigenvalue weighted by Crippen LogP contribution is 2.46. The second-order valence-corrected chi connectivity index (χ2v) is 7.86. The van der Waals surface area contributed by atoms with Gasteiger partial charge in [0, 0.05) is 4.47 Å². The van der Waals surface area contributed by atoms with Crippen molar-refractivity contribution in [3.05, 3.63) is 64.6 Å². The number of fused-ring (bicyclic) bond motifs is 1. The van der Waals surface area contributed by atoms with Crippen LogP contribution in [0.15, 0.2) is 64.1 Å². The average Bonchev–Trinajstić information content (AvgIpc) is 3.16. The smallest absolute Gasteiger partial charge is 0.334 e. The monoisotopic (exact) mass is 440 g/mol. The van der Waals surface area contributed by atoms with Gasteiger partial charge in [0.1, 0.15) is 0 Å². The van der Waals surface area contributed by atoms with Crippen LogP contribution < -0.4 is 4.90 Å². The van der Waals surface area contributed by atoms with Gasteiger partial charge in [-0.2, -0.15) is 0 Å². The molecule has 1 saturated heterocycles. The summed E-state index contributed by atoms with van der Waals surface area (Å²) in [6.07, 6.45) is 0. The van der Waals surface area contributed by atoms with E-state index in [0.29, 0.717) is 17.0 Å². The zero-order valence-corrected chi connectivity index (χ0v) is 16.8. The van der Waals surface area contributed by atoms with Gasteiger partial charge in [-0.25, -0.2) is 9.69 Å². The van der Waals surface area contributed by atoms with Gasteiger partial charge in [0.25, 0.3) is 0 Å². The second kappa shape index (κ2) is 6.67. The third kappa shape index (κ3) is 2.61. The lowest BCUT2D eigenvalue weighted by Crippen LogP contribution is -2.45. The molecule has 1 fully saturated rings. The Bertz CT molecular complexity index is 1000. The number of hydrogen-bond donors (Lipinski definition) is 0. The van der Waals surface area contributed by atoms with Crippen LogP contribution in [-0.4, -0.2) is 36.1 Å². The minimum atomic E-state index is -1.46. The molecule has 2 aromatic rings. The molecule has 6 nitrogen and oxygen atoms in total. The highest BCUT2D eigenvalue weighted by molar-refractivity contribution is 9.10. The second-order valence-electron chi connectivity index (χ2n) is 6.95. The molecule has 0 aromatic heterocycles. The van der Waals surface area contributed by atoms with Gasteiger partial charge in [-0.1, -0.05) is 46.3 Å². The van der Waals surface area contributed by atoms with E-state index in [0.717, 1.165) is 9.37 Å². The van der Waals surface area contributed by atoms with Crippen molar-refractivity contribution in [2.45, 2.75) is 12.5 Å². The first kappa shape index (κ1) is 18.6. The first-order valence-electron chi connectivity index (χ1n) is 8.75. The molecule has 2 aliphatic rings. The molecule has 0 bridgehead atoms. The van der Waals surface area contributed by atoms with Gasteiger partial charge in [0.05, 0.1) is 30.3 Å². The van der Waals surface area contributed by atoms with Crippen LogP contribution in [0.3, 0.4) is 0 Å². The number of halogens is 1. The fourth-order valence-corrected chi connectivity index (χ4v) is 4.24. The van der Waals surface area contributed by atoms with Gasteiger partial charge >= 0.3 is 5.97 Å². The number of amides is 2. The number of carbonyl (C=O) groups is 3. The van der Waals surface area contributed by atoms with Crippen molar-refractivity contribution >= 4 is 45.1 Å². The van der Waals surface area contributed by atoms with Crippen LogP contribution in [0.25, 0.3) is 0 Å². The summed E-state index contributed by atoms with van der Waals surface area (Å²) in [7, 11) is 1.26. The SMILES string of the molecule is COC(=O)[C@]1(C)N=C(c2ccc(Br)cc2)[C@H]2C(=O)N(c3ccccc3)C(=O)[C@H]21. The van der Waals surface area contributed by atoms with E-state index in [-0.39, 0.29) is 5.91 Å². The summed E-state index contributed by atoms with van der Waals surface area (Å²) in [6, 6.07) is 16.0. The Hall–Kier alpha value is -2.80. The predicted octanol–water partition coefficient (Wildman–Crippen LogP) is 2.99. The maximum absolute atomic E-state index is 13.3. The molecular formula is C21H17BrN2O4. The maximum Gasteiger partial charge on any atom is 0.334 e. The van der Waals surface area contributed by atoms with E-state index >= 15 is 0 Å². The zero-order chi connectivity index (χ0) is 20.1. The van der Waals surface area contributed by atoms with Crippen molar-refractivity contribution in [1.82, 2.24) is 0 Å². The number of esters is 1. The van der Waals surface area contributed by atoms with Gasteiger partial charge in [-0.15, -0.1) is 0 Å². The molecular weight excluding hydrogens is 424 g/mol. The van der Waals surface area contributed by atoms with Crippen molar-refractivity contribution in [3.63, 3.8) is 0 Å². The van der Waals surface area contributed by atoms with Crippen molar-refractivity contribution in [3.8, 4) is 0 Å². The summed E-state index contributed by atoms with van der Waals surface area (Å²) in [5.41, 5.74) is 0.149. The number of nitrogens with zero attached hydrogens (tertiary/aromatic N) is 2. The van der Waals surface area contributed by atoms with Crippen LogP contribution in [0.4, 0.5) is 5.69 Å². The van der Waals surface area contributed by atoms with Crippen LogP contribution >= 0.6 is 15.9 Å². The van der Waals surface area contributed by atoms with E-state index in [4.69, 9.17) is 4.74 Å². The summed E-state index contributed by atoms with van der Waals surface area (Å²) >= 11 is 3.39. The largest absolute Gasteiger partial charge is 0.467 e. The van der Waals surface area contributed by atoms with Crippen molar-refractivity contribution in [2.24, 2.45) is 16.8 Å². The number of hydrogen-bond acceptors (Lipinski definition) is 5. The number of para-hydroxylation sites is 1. The lowest BCUT2D eigenvalue weighted by Gasteiger charge is -2.24. The molecule has 4 rings (SSSR count). The van der Waals surface area contributed by atoms with E-state index < -0.39 is 29.3 Å². The Morgan fingerprint density at radius 1 is 1.07 bits per heavy atom. The lowest BCUT2D eigenvalue weighted by atomic mass is 9.79. The highest BCUT2D eigenvalue weighted by atomic mass is 79.9. The number of imide groups is 1. The van der Waals surface area contributed by atoms with Gasteiger partial charge in [0.2, 0.25) is 11.8 Å². The summed E-state index contributed by atoms with van der Waals surface area (Å²) in [6.45, 7) is 1.56. The van der Waals surface area contributed by atoms with Crippen LogP contribution in [0.1, 0.15) is 12.5 Å². The highest BCUT2D eigenvalue weighted by Gasteiger charge is 2.65. The standard InChI is InChI=1S/C21H17BrN2O4/c1-21(20(27)28-2)16-15(17(23-21)12-8-10-13(22)11-9-12)18(25)24(19(16)26)14-6-4-3-5-7-14/h3-11,15-16H,1-2H3/t15-,16-,21+/m0/s1. The van der Waals surface area contributed by atoms with Crippen LogP contribution in [0, 0.1) is 11.8 Å². The molecule has 2 amide bonds. The van der Waals surface area contributed by atoms with E-state index in [1.807, 2.05) is 30.3 Å². The van der Waals surface area contributed by atoms with Gasteiger partial charge in [0.15, 0.2) is 5.54 Å². The average molecular weight is 441 g/mol. The fraction of sp³-hybridized carbons (Fsp3) is 0.238. The van der Waals surface area contributed by atoms with Crippen molar-refractivity contribution in [2.75, 3.05) is 12.0 Å². The quantitative estimate of drug-likeness (QED) is 0.542. The molecule has 0 unspecified atom stereocenters. The maximum atomic E-state index is 13.3. The molecule has 28 heavy (non-hydrogen) atoms. The summed E-state index contributed by atoms with van der Waals surface area (Å²) < 4.78 is 5.81. The number of benzene rings is 2. The molecule has 2 aromatic carbocycles. The summed E-state index contributed by atoms with van der Waals surface area (Å²) in [4.78, 5) is 44.9. The lowest BCUT2D eigenvalue weighted by molar-refractivity contribution is -0.150. The number of aliphatic imine (C=N–C) groups is 1. The third-order valence-electron chi connectivity index (χ3n) is 5.31. The zero-order valence-electron chi connectivity index (χ0n) is 15.3. The normalized spacial score (nSPS) is 26.2. The van der Waals surface area contributed by atoms with Crippen molar-refractivity contribution < 1.29 is 19.1 Å². The van der Waals surface area contributed by atoms with Gasteiger partial charge in [-0.05, 0) is 36.8 Å². The molecule has 0 aliphatic carbocycles. The topological polar surface area (TPSA) is 76.0 Å². The van der Waals surface area contributed by atoms with Gasteiger partial charge < -0.3 is 4.74 Å².